The van der Waals surface area contributed by atoms with Gasteiger partial charge in [-0.15, -0.1) is 0 Å². The van der Waals surface area contributed by atoms with E-state index in [4.69, 9.17) is 0 Å². The minimum atomic E-state index is 0.206. The molecular weight excluding hydrogens is 174 g/mol. The van der Waals surface area contributed by atoms with Gasteiger partial charge in [-0.05, 0) is 18.8 Å². The molecule has 0 unspecified atom stereocenters. The summed E-state index contributed by atoms with van der Waals surface area (Å²) in [6.07, 6.45) is 3.87. The summed E-state index contributed by atoms with van der Waals surface area (Å²) in [5, 5.41) is 2.91. The first-order chi connectivity index (χ1) is 6.66. The highest BCUT2D eigenvalue weighted by Crippen LogP contribution is 1.97. The van der Waals surface area contributed by atoms with Crippen LogP contribution in [0.4, 0.5) is 0 Å². The van der Waals surface area contributed by atoms with Crippen LogP contribution in [-0.2, 0) is 4.79 Å². The molecule has 2 nitrogen and oxygen atoms in total. The summed E-state index contributed by atoms with van der Waals surface area (Å²) in [7, 11) is 0. The van der Waals surface area contributed by atoms with E-state index in [0.717, 1.165) is 25.8 Å². The molecule has 1 amide bonds. The third-order valence-corrected chi connectivity index (χ3v) is 1.80. The number of rotatable bonds is 6. The van der Waals surface area contributed by atoms with Gasteiger partial charge in [-0.2, -0.15) is 0 Å². The van der Waals surface area contributed by atoms with Gasteiger partial charge in [-0.1, -0.05) is 41.0 Å². The van der Waals surface area contributed by atoms with E-state index in [1.165, 1.54) is 0 Å². The zero-order valence-electron chi connectivity index (χ0n) is 10.5. The number of unbranched alkanes of at least 4 members (excludes halogenated alkanes) is 1. The Morgan fingerprint density at radius 1 is 1.29 bits per heavy atom. The normalized spacial score (nSPS) is 9.29. The molecule has 1 N–H and O–H groups in total. The molecule has 0 aromatic carbocycles. The van der Waals surface area contributed by atoms with Crippen LogP contribution in [0.25, 0.3) is 0 Å². The van der Waals surface area contributed by atoms with Gasteiger partial charge in [0.15, 0.2) is 0 Å². The molecule has 2 heteroatoms. The third kappa shape index (κ3) is 14.0. The van der Waals surface area contributed by atoms with Crippen molar-refractivity contribution in [2.45, 2.75) is 60.3 Å². The molecule has 0 saturated carbocycles. The van der Waals surface area contributed by atoms with Gasteiger partial charge in [-0.3, -0.25) is 4.79 Å². The summed E-state index contributed by atoms with van der Waals surface area (Å²) < 4.78 is 0. The molecule has 0 saturated heterocycles. The van der Waals surface area contributed by atoms with E-state index in [9.17, 15) is 4.79 Å². The highest BCUT2D eigenvalue weighted by atomic mass is 16.1. The van der Waals surface area contributed by atoms with Gasteiger partial charge in [0, 0.05) is 13.0 Å². The van der Waals surface area contributed by atoms with Crippen molar-refractivity contribution in [3.8, 4) is 0 Å². The third-order valence-electron chi connectivity index (χ3n) is 1.80. The molecule has 0 bridgehead atoms. The Hall–Kier alpha value is -0.530. The van der Waals surface area contributed by atoms with E-state index in [0.29, 0.717) is 12.3 Å². The van der Waals surface area contributed by atoms with Crippen molar-refractivity contribution in [2.75, 3.05) is 6.54 Å². The molecule has 0 aliphatic rings. The molecule has 0 fully saturated rings. The zero-order chi connectivity index (χ0) is 11.4. The van der Waals surface area contributed by atoms with E-state index in [-0.39, 0.29) is 5.91 Å². The monoisotopic (exact) mass is 201 g/mol. The van der Waals surface area contributed by atoms with E-state index < -0.39 is 0 Å². The fourth-order valence-corrected chi connectivity index (χ4v) is 0.926. The van der Waals surface area contributed by atoms with Crippen LogP contribution in [0.2, 0.25) is 0 Å². The van der Waals surface area contributed by atoms with Crippen LogP contribution >= 0.6 is 0 Å². The van der Waals surface area contributed by atoms with Crippen LogP contribution in [0.3, 0.4) is 0 Å². The Morgan fingerprint density at radius 3 is 2.29 bits per heavy atom. The summed E-state index contributed by atoms with van der Waals surface area (Å²) in [6, 6.07) is 0. The first-order valence-electron chi connectivity index (χ1n) is 5.93. The number of nitrogens with one attached hydrogen (secondary N) is 1. The van der Waals surface area contributed by atoms with Crippen LogP contribution in [0.15, 0.2) is 0 Å². The molecule has 0 aromatic heterocycles. The van der Waals surface area contributed by atoms with Crippen LogP contribution < -0.4 is 5.32 Å². The van der Waals surface area contributed by atoms with Gasteiger partial charge < -0.3 is 5.32 Å². The Labute approximate surface area is 89.5 Å². The van der Waals surface area contributed by atoms with Gasteiger partial charge in [0.1, 0.15) is 0 Å². The van der Waals surface area contributed by atoms with Crippen molar-refractivity contribution in [1.82, 2.24) is 5.32 Å². The minimum Gasteiger partial charge on any atom is -0.356 e. The fraction of sp³-hybridized carbons (Fsp3) is 0.917. The lowest BCUT2D eigenvalue weighted by Crippen LogP contribution is -2.24. The molecular formula is C12H27NO. The van der Waals surface area contributed by atoms with Gasteiger partial charge in [0.2, 0.25) is 5.91 Å². The molecule has 0 aromatic rings. The number of carbonyl (C=O) groups excluding carboxylic acids is 1. The average molecular weight is 201 g/mol. The maximum Gasteiger partial charge on any atom is 0.219 e. The van der Waals surface area contributed by atoms with Crippen molar-refractivity contribution in [3.05, 3.63) is 0 Å². The second-order valence-electron chi connectivity index (χ2n) is 3.64. The highest BCUT2D eigenvalue weighted by molar-refractivity contribution is 5.75. The highest BCUT2D eigenvalue weighted by Gasteiger charge is 1.99. The molecule has 0 spiro atoms. The molecule has 0 aliphatic carbocycles. The Balaban J connectivity index is 0. The van der Waals surface area contributed by atoms with E-state index in [1.54, 1.807) is 0 Å². The first-order valence-corrected chi connectivity index (χ1v) is 5.93. The lowest BCUT2D eigenvalue weighted by molar-refractivity contribution is -0.121. The lowest BCUT2D eigenvalue weighted by atomic mass is 10.1. The molecule has 0 aliphatic heterocycles. The molecule has 0 atom stereocenters. The van der Waals surface area contributed by atoms with Gasteiger partial charge in [-0.25, -0.2) is 0 Å². The maximum absolute atomic E-state index is 11.1. The molecule has 0 radical (unpaired) electrons. The SMILES string of the molecule is CC.CCCCC(=O)NCCC(C)C. The quantitative estimate of drug-likeness (QED) is 0.701. The zero-order valence-corrected chi connectivity index (χ0v) is 10.5. The van der Waals surface area contributed by atoms with Crippen molar-refractivity contribution >= 4 is 5.91 Å². The second kappa shape index (κ2) is 12.5. The number of hydrogen-bond donors (Lipinski definition) is 1. The van der Waals surface area contributed by atoms with Crippen molar-refractivity contribution in [3.63, 3.8) is 0 Å². The van der Waals surface area contributed by atoms with Gasteiger partial charge in [0.05, 0.1) is 0 Å². The van der Waals surface area contributed by atoms with Crippen molar-refractivity contribution in [1.29, 1.82) is 0 Å². The summed E-state index contributed by atoms with van der Waals surface area (Å²) >= 11 is 0. The molecule has 0 rings (SSSR count). The standard InChI is InChI=1S/C10H21NO.C2H6/c1-4-5-6-10(12)11-8-7-9(2)3;1-2/h9H,4-8H2,1-3H3,(H,11,12);1-2H3. The fourth-order valence-electron chi connectivity index (χ4n) is 0.926. The largest absolute Gasteiger partial charge is 0.356 e. The topological polar surface area (TPSA) is 29.1 Å². The van der Waals surface area contributed by atoms with Crippen LogP contribution in [0.1, 0.15) is 60.3 Å². The lowest BCUT2D eigenvalue weighted by Gasteiger charge is -2.06. The Bertz CT molecular complexity index is 121. The number of amides is 1. The van der Waals surface area contributed by atoms with Crippen molar-refractivity contribution < 1.29 is 4.79 Å². The van der Waals surface area contributed by atoms with Gasteiger partial charge >= 0.3 is 0 Å². The van der Waals surface area contributed by atoms with Crippen LogP contribution in [-0.4, -0.2) is 12.5 Å². The molecule has 14 heavy (non-hydrogen) atoms. The van der Waals surface area contributed by atoms with Gasteiger partial charge in [0.25, 0.3) is 0 Å². The summed E-state index contributed by atoms with van der Waals surface area (Å²) in [6.45, 7) is 11.3. The van der Waals surface area contributed by atoms with E-state index in [1.807, 2.05) is 13.8 Å². The first kappa shape index (κ1) is 15.9. The van der Waals surface area contributed by atoms with Crippen LogP contribution in [0.5, 0.6) is 0 Å². The van der Waals surface area contributed by atoms with E-state index >= 15 is 0 Å². The smallest absolute Gasteiger partial charge is 0.219 e. The summed E-state index contributed by atoms with van der Waals surface area (Å²) in [5.41, 5.74) is 0. The molecule has 86 valence electrons. The second-order valence-corrected chi connectivity index (χ2v) is 3.64. The number of carbonyl (C=O) groups is 1. The summed E-state index contributed by atoms with van der Waals surface area (Å²) in [5.74, 6) is 0.883. The van der Waals surface area contributed by atoms with Crippen LogP contribution in [0, 0.1) is 5.92 Å². The van der Waals surface area contributed by atoms with Crippen molar-refractivity contribution in [2.24, 2.45) is 5.92 Å². The predicted molar refractivity (Wildman–Crippen MR) is 63.3 cm³/mol. The van der Waals surface area contributed by atoms with E-state index in [2.05, 4.69) is 26.1 Å². The Kier molecular flexibility index (Phi) is 14.2. The average Bonchev–Trinajstić information content (AvgIpc) is 2.17. The Morgan fingerprint density at radius 2 is 1.86 bits per heavy atom. The minimum absolute atomic E-state index is 0.206. The number of hydrogen-bond acceptors (Lipinski definition) is 1. The maximum atomic E-state index is 11.1. The molecule has 0 heterocycles. The predicted octanol–water partition coefficient (Wildman–Crippen LogP) is 3.37. The summed E-state index contributed by atoms with van der Waals surface area (Å²) in [4.78, 5) is 11.1.